The number of thiol groups is 1. The second kappa shape index (κ2) is 3.34. The monoisotopic (exact) mass is 167 g/mol. The number of carbonyl (C=O) groups is 1. The second-order valence-corrected chi connectivity index (χ2v) is 3.02. The third kappa shape index (κ3) is 3.66. The fourth-order valence-electron chi connectivity index (χ4n) is 0.166. The number of amides is 1. The molecule has 0 aliphatic rings. The summed E-state index contributed by atoms with van der Waals surface area (Å²) in [4.78, 5) is 10.6. The van der Waals surface area contributed by atoms with Crippen molar-refractivity contribution < 1.29 is 9.90 Å². The lowest BCUT2D eigenvalue weighted by Crippen LogP contribution is -2.38. The van der Waals surface area contributed by atoms with Crippen molar-refractivity contribution in [3.8, 4) is 0 Å². The molecule has 1 amide bonds. The number of aliphatic hydroxyl groups is 1. The van der Waals surface area contributed by atoms with E-state index >= 15 is 0 Å². The molecule has 0 aliphatic carbocycles. The molecule has 0 spiro atoms. The summed E-state index contributed by atoms with van der Waals surface area (Å²) in [6.45, 7) is 2.82. The Labute approximate surface area is 63.2 Å². The third-order valence-electron chi connectivity index (χ3n) is 0.694. The molecule has 0 saturated carbocycles. The zero-order valence-electron chi connectivity index (χ0n) is 5.21. The van der Waals surface area contributed by atoms with E-state index in [-0.39, 0.29) is 0 Å². The van der Waals surface area contributed by atoms with Crippen molar-refractivity contribution in [1.29, 1.82) is 0 Å². The number of hydrogen-bond acceptors (Lipinski definition) is 4. The van der Waals surface area contributed by atoms with Crippen LogP contribution in [0.2, 0.25) is 0 Å². The minimum Gasteiger partial charge on any atom is -0.381 e. The SMILES string of the molecule is CC(C)(O)C(=O)NSS. The van der Waals surface area contributed by atoms with Crippen molar-refractivity contribution in [1.82, 2.24) is 4.72 Å². The molecular weight excluding hydrogens is 158 g/mol. The molecule has 0 saturated heterocycles. The molecule has 0 radical (unpaired) electrons. The fourth-order valence-corrected chi connectivity index (χ4v) is 0.748. The van der Waals surface area contributed by atoms with Crippen molar-refractivity contribution in [2.75, 3.05) is 0 Å². The Hall–Kier alpha value is 0.130. The molecule has 2 N–H and O–H groups in total. The second-order valence-electron chi connectivity index (χ2n) is 2.08. The Bertz CT molecular complexity index is 110. The van der Waals surface area contributed by atoms with Crippen LogP contribution in [-0.2, 0) is 4.79 Å². The highest BCUT2D eigenvalue weighted by molar-refractivity contribution is 8.68. The van der Waals surface area contributed by atoms with Gasteiger partial charge in [0.05, 0.1) is 0 Å². The van der Waals surface area contributed by atoms with Crippen LogP contribution in [-0.4, -0.2) is 16.6 Å². The normalized spacial score (nSPS) is 11.1. The first kappa shape index (κ1) is 9.13. The minimum absolute atomic E-state index is 0.442. The van der Waals surface area contributed by atoms with E-state index in [2.05, 4.69) is 16.4 Å². The van der Waals surface area contributed by atoms with Gasteiger partial charge in [-0.3, -0.25) is 9.52 Å². The van der Waals surface area contributed by atoms with Gasteiger partial charge in [0.2, 0.25) is 0 Å². The molecule has 9 heavy (non-hydrogen) atoms. The summed E-state index contributed by atoms with van der Waals surface area (Å²) in [5.41, 5.74) is -1.31. The quantitative estimate of drug-likeness (QED) is 0.316. The molecule has 54 valence electrons. The predicted molar refractivity (Wildman–Crippen MR) is 41.0 cm³/mol. The predicted octanol–water partition coefficient (Wildman–Crippen LogP) is 0.366. The van der Waals surface area contributed by atoms with Gasteiger partial charge in [0.1, 0.15) is 5.60 Å². The highest BCUT2D eigenvalue weighted by atomic mass is 33.1. The average molecular weight is 167 g/mol. The Balaban J connectivity index is 3.74. The number of carbonyl (C=O) groups excluding carboxylic acids is 1. The van der Waals surface area contributed by atoms with Crippen LogP contribution in [0.4, 0.5) is 0 Å². The van der Waals surface area contributed by atoms with E-state index < -0.39 is 11.5 Å². The first-order valence-electron chi connectivity index (χ1n) is 2.31. The van der Waals surface area contributed by atoms with Gasteiger partial charge >= 0.3 is 0 Å². The van der Waals surface area contributed by atoms with Crippen LogP contribution in [0.25, 0.3) is 0 Å². The molecule has 0 bridgehead atoms. The Morgan fingerprint density at radius 2 is 2.22 bits per heavy atom. The van der Waals surface area contributed by atoms with Crippen LogP contribution in [0, 0.1) is 0 Å². The smallest absolute Gasteiger partial charge is 0.261 e. The van der Waals surface area contributed by atoms with Crippen molar-refractivity contribution in [3.63, 3.8) is 0 Å². The van der Waals surface area contributed by atoms with E-state index in [4.69, 9.17) is 5.11 Å². The molecule has 0 heterocycles. The summed E-state index contributed by atoms with van der Waals surface area (Å²) >= 11 is 3.67. The fraction of sp³-hybridized carbons (Fsp3) is 0.750. The van der Waals surface area contributed by atoms with Crippen molar-refractivity contribution in [2.24, 2.45) is 0 Å². The number of nitrogens with one attached hydrogen (secondary N) is 1. The summed E-state index contributed by atoms with van der Waals surface area (Å²) in [5, 5.41) is 8.96. The summed E-state index contributed by atoms with van der Waals surface area (Å²) in [6.07, 6.45) is 0. The summed E-state index contributed by atoms with van der Waals surface area (Å²) in [7, 11) is 0.872. The summed E-state index contributed by atoms with van der Waals surface area (Å²) in [5.74, 6) is -0.442. The van der Waals surface area contributed by atoms with Crippen LogP contribution in [0.15, 0.2) is 0 Å². The van der Waals surface area contributed by atoms with E-state index in [0.717, 1.165) is 11.0 Å². The molecule has 0 aliphatic heterocycles. The van der Waals surface area contributed by atoms with Gasteiger partial charge in [-0.15, -0.1) is 0 Å². The van der Waals surface area contributed by atoms with Crippen LogP contribution < -0.4 is 4.72 Å². The third-order valence-corrected chi connectivity index (χ3v) is 1.24. The molecule has 0 atom stereocenters. The van der Waals surface area contributed by atoms with Gasteiger partial charge in [-0.2, -0.15) is 0 Å². The van der Waals surface area contributed by atoms with E-state index in [0.29, 0.717) is 0 Å². The highest BCUT2D eigenvalue weighted by Gasteiger charge is 2.22. The zero-order valence-corrected chi connectivity index (χ0v) is 6.92. The van der Waals surface area contributed by atoms with Crippen molar-refractivity contribution in [2.45, 2.75) is 19.4 Å². The molecular formula is C4H9NO2S2. The molecule has 3 nitrogen and oxygen atoms in total. The Morgan fingerprint density at radius 1 is 1.78 bits per heavy atom. The lowest BCUT2D eigenvalue weighted by atomic mass is 10.1. The van der Waals surface area contributed by atoms with Crippen LogP contribution in [0.1, 0.15) is 13.8 Å². The standard InChI is InChI=1S/C4H9NO2S2/c1-4(2,7)3(6)5-9-8/h7-8H,1-2H3,(H,5,6). The number of rotatable bonds is 2. The molecule has 0 aromatic carbocycles. The minimum atomic E-state index is -1.31. The summed E-state index contributed by atoms with van der Waals surface area (Å²) in [6, 6.07) is 0. The van der Waals surface area contributed by atoms with Crippen LogP contribution in [0.3, 0.4) is 0 Å². The van der Waals surface area contributed by atoms with Gasteiger partial charge in [0, 0.05) is 11.0 Å². The van der Waals surface area contributed by atoms with Gasteiger partial charge in [0.25, 0.3) is 5.91 Å². The Morgan fingerprint density at radius 3 is 2.33 bits per heavy atom. The molecule has 0 aromatic rings. The van der Waals surface area contributed by atoms with Gasteiger partial charge in [-0.25, -0.2) is 0 Å². The molecule has 0 aromatic heterocycles. The van der Waals surface area contributed by atoms with Crippen LogP contribution in [0.5, 0.6) is 0 Å². The molecule has 0 fully saturated rings. The molecule has 0 rings (SSSR count). The lowest BCUT2D eigenvalue weighted by Gasteiger charge is -2.13. The maximum Gasteiger partial charge on any atom is 0.261 e. The van der Waals surface area contributed by atoms with Gasteiger partial charge in [-0.1, -0.05) is 11.7 Å². The van der Waals surface area contributed by atoms with Gasteiger partial charge in [-0.05, 0) is 13.8 Å². The molecule has 5 heteroatoms. The van der Waals surface area contributed by atoms with Crippen molar-refractivity contribution in [3.05, 3.63) is 0 Å². The highest BCUT2D eigenvalue weighted by Crippen LogP contribution is 2.05. The maximum absolute atomic E-state index is 10.6. The van der Waals surface area contributed by atoms with E-state index in [9.17, 15) is 4.79 Å². The molecule has 0 unspecified atom stereocenters. The van der Waals surface area contributed by atoms with Crippen LogP contribution >= 0.6 is 22.6 Å². The first-order chi connectivity index (χ1) is 3.98. The van der Waals surface area contributed by atoms with Crippen molar-refractivity contribution >= 4 is 28.5 Å². The van der Waals surface area contributed by atoms with Gasteiger partial charge < -0.3 is 5.11 Å². The van der Waals surface area contributed by atoms with E-state index in [1.54, 1.807) is 0 Å². The average Bonchev–Trinajstić information content (AvgIpc) is 1.64. The van der Waals surface area contributed by atoms with E-state index in [1.165, 1.54) is 13.8 Å². The largest absolute Gasteiger partial charge is 0.381 e. The van der Waals surface area contributed by atoms with E-state index in [1.807, 2.05) is 0 Å². The first-order valence-corrected chi connectivity index (χ1v) is 4.18. The Kier molecular flexibility index (Phi) is 3.38. The van der Waals surface area contributed by atoms with Gasteiger partial charge in [0.15, 0.2) is 0 Å². The summed E-state index contributed by atoms with van der Waals surface area (Å²) < 4.78 is 2.28. The maximum atomic E-state index is 10.6. The topological polar surface area (TPSA) is 49.3 Å². The zero-order chi connectivity index (χ0) is 7.49. The number of hydrogen-bond donors (Lipinski definition) is 3. The lowest BCUT2D eigenvalue weighted by molar-refractivity contribution is -0.134.